The zero-order valence-electron chi connectivity index (χ0n) is 16.7. The highest BCUT2D eigenvalue weighted by molar-refractivity contribution is 7.98. The van der Waals surface area contributed by atoms with E-state index in [1.54, 1.807) is 23.1 Å². The summed E-state index contributed by atoms with van der Waals surface area (Å²) >= 11 is 3.18. The monoisotopic (exact) mass is 418 g/mol. The third-order valence-corrected chi connectivity index (χ3v) is 6.94. The second kappa shape index (κ2) is 8.39. The number of rotatable bonds is 5. The standard InChI is InChI=1S/C24H22N2OS2/c1-16-13-14-17(2)22-21(16)25-24(29-22)26(15-18-9-5-4-6-10-18)23(27)19-11-7-8-12-20(19)28-3/h4-14H,15H2,1-3H3. The molecule has 0 spiro atoms. The minimum atomic E-state index is -0.0202. The Balaban J connectivity index is 1.84. The molecule has 0 N–H and O–H groups in total. The molecule has 0 fully saturated rings. The van der Waals surface area contributed by atoms with Crippen LogP contribution in [-0.4, -0.2) is 17.1 Å². The molecule has 3 nitrogen and oxygen atoms in total. The van der Waals surface area contributed by atoms with E-state index in [4.69, 9.17) is 4.98 Å². The van der Waals surface area contributed by atoms with E-state index in [1.165, 1.54) is 5.56 Å². The zero-order valence-corrected chi connectivity index (χ0v) is 18.3. The van der Waals surface area contributed by atoms with Gasteiger partial charge in [-0.15, -0.1) is 11.8 Å². The summed E-state index contributed by atoms with van der Waals surface area (Å²) in [5, 5.41) is 0.738. The van der Waals surface area contributed by atoms with Crippen LogP contribution in [-0.2, 0) is 6.54 Å². The molecule has 3 aromatic carbocycles. The van der Waals surface area contributed by atoms with Crippen molar-refractivity contribution in [1.82, 2.24) is 4.98 Å². The minimum Gasteiger partial charge on any atom is -0.279 e. The molecule has 29 heavy (non-hydrogen) atoms. The van der Waals surface area contributed by atoms with E-state index < -0.39 is 0 Å². The second-order valence-electron chi connectivity index (χ2n) is 6.95. The lowest BCUT2D eigenvalue weighted by atomic mass is 10.1. The molecular formula is C24H22N2OS2. The number of anilines is 1. The minimum absolute atomic E-state index is 0.0202. The largest absolute Gasteiger partial charge is 0.279 e. The van der Waals surface area contributed by atoms with Gasteiger partial charge in [0.05, 0.1) is 22.3 Å². The lowest BCUT2D eigenvalue weighted by Gasteiger charge is -2.21. The zero-order chi connectivity index (χ0) is 20.4. The van der Waals surface area contributed by atoms with Gasteiger partial charge in [-0.25, -0.2) is 4.98 Å². The van der Waals surface area contributed by atoms with Gasteiger partial charge in [-0.05, 0) is 48.9 Å². The SMILES string of the molecule is CSc1ccccc1C(=O)N(Cc1ccccc1)c1nc2c(C)ccc(C)c2s1. The van der Waals surface area contributed by atoms with Crippen LogP contribution in [0.2, 0.25) is 0 Å². The molecule has 1 amide bonds. The number of amides is 1. The molecule has 146 valence electrons. The number of fused-ring (bicyclic) bond motifs is 1. The van der Waals surface area contributed by atoms with Crippen molar-refractivity contribution in [2.45, 2.75) is 25.3 Å². The number of aromatic nitrogens is 1. The first-order valence-electron chi connectivity index (χ1n) is 9.44. The molecule has 5 heteroatoms. The molecule has 0 saturated carbocycles. The predicted octanol–water partition coefficient (Wildman–Crippen LogP) is 6.48. The Morgan fingerprint density at radius 3 is 2.38 bits per heavy atom. The van der Waals surface area contributed by atoms with Crippen molar-refractivity contribution >= 4 is 44.4 Å². The van der Waals surface area contributed by atoms with Crippen LogP contribution in [0.15, 0.2) is 71.6 Å². The van der Waals surface area contributed by atoms with Gasteiger partial charge in [-0.2, -0.15) is 0 Å². The van der Waals surface area contributed by atoms with Gasteiger partial charge in [-0.1, -0.05) is 65.9 Å². The highest BCUT2D eigenvalue weighted by Crippen LogP contribution is 2.35. The van der Waals surface area contributed by atoms with Crippen LogP contribution < -0.4 is 4.90 Å². The van der Waals surface area contributed by atoms with Crippen LogP contribution in [0.1, 0.15) is 27.0 Å². The molecule has 0 aliphatic carbocycles. The van der Waals surface area contributed by atoms with Gasteiger partial charge in [0.1, 0.15) is 0 Å². The molecule has 1 aromatic heterocycles. The smallest absolute Gasteiger partial charge is 0.261 e. The van der Waals surface area contributed by atoms with Crippen LogP contribution in [0.25, 0.3) is 10.2 Å². The maximum absolute atomic E-state index is 13.7. The van der Waals surface area contributed by atoms with Crippen LogP contribution >= 0.6 is 23.1 Å². The summed E-state index contributed by atoms with van der Waals surface area (Å²) in [5.41, 5.74) is 5.09. The average molecular weight is 419 g/mol. The topological polar surface area (TPSA) is 33.2 Å². The average Bonchev–Trinajstić information content (AvgIpc) is 3.21. The number of benzene rings is 3. The van der Waals surface area contributed by atoms with Crippen molar-refractivity contribution in [3.05, 3.63) is 89.0 Å². The molecule has 4 aromatic rings. The van der Waals surface area contributed by atoms with E-state index in [9.17, 15) is 4.79 Å². The lowest BCUT2D eigenvalue weighted by Crippen LogP contribution is -2.30. The fraction of sp³-hybridized carbons (Fsp3) is 0.167. The highest BCUT2D eigenvalue weighted by Gasteiger charge is 2.24. The molecule has 0 radical (unpaired) electrons. The van der Waals surface area contributed by atoms with Crippen LogP contribution in [0.4, 0.5) is 5.13 Å². The third-order valence-electron chi connectivity index (χ3n) is 4.93. The Morgan fingerprint density at radius 2 is 1.66 bits per heavy atom. The van der Waals surface area contributed by atoms with E-state index in [2.05, 4.69) is 26.0 Å². The number of thioether (sulfide) groups is 1. The van der Waals surface area contributed by atoms with E-state index in [-0.39, 0.29) is 5.91 Å². The number of aryl methyl sites for hydroxylation is 2. The van der Waals surface area contributed by atoms with Gasteiger partial charge in [-0.3, -0.25) is 9.69 Å². The summed E-state index contributed by atoms with van der Waals surface area (Å²) in [4.78, 5) is 21.3. The van der Waals surface area contributed by atoms with Crippen molar-refractivity contribution in [3.8, 4) is 0 Å². The maximum Gasteiger partial charge on any atom is 0.261 e. The maximum atomic E-state index is 13.7. The fourth-order valence-corrected chi connectivity index (χ4v) is 5.02. The van der Waals surface area contributed by atoms with Crippen molar-refractivity contribution < 1.29 is 4.79 Å². The van der Waals surface area contributed by atoms with Crippen molar-refractivity contribution in [2.75, 3.05) is 11.2 Å². The van der Waals surface area contributed by atoms with E-state index in [1.807, 2.05) is 65.8 Å². The molecule has 0 bridgehead atoms. The van der Waals surface area contributed by atoms with Gasteiger partial charge in [0.15, 0.2) is 5.13 Å². The Labute approximate surface area is 179 Å². The lowest BCUT2D eigenvalue weighted by molar-refractivity contribution is 0.0982. The quantitative estimate of drug-likeness (QED) is 0.348. The van der Waals surface area contributed by atoms with E-state index in [0.717, 1.165) is 31.4 Å². The molecule has 0 aliphatic rings. The number of hydrogen-bond acceptors (Lipinski definition) is 4. The Kier molecular flexibility index (Phi) is 5.69. The first-order chi connectivity index (χ1) is 14.1. The summed E-state index contributed by atoms with van der Waals surface area (Å²) in [6.45, 7) is 4.65. The summed E-state index contributed by atoms with van der Waals surface area (Å²) < 4.78 is 1.14. The normalized spacial score (nSPS) is 11.0. The summed E-state index contributed by atoms with van der Waals surface area (Å²) in [5.74, 6) is -0.0202. The molecule has 0 saturated heterocycles. The number of carbonyl (C=O) groups excluding carboxylic acids is 1. The highest BCUT2D eigenvalue weighted by atomic mass is 32.2. The third kappa shape index (κ3) is 3.93. The number of carbonyl (C=O) groups is 1. The number of nitrogens with zero attached hydrogens (tertiary/aromatic N) is 2. The summed E-state index contributed by atoms with van der Waals surface area (Å²) in [6.07, 6.45) is 2.00. The Hall–Kier alpha value is -2.63. The van der Waals surface area contributed by atoms with E-state index in [0.29, 0.717) is 12.1 Å². The first kappa shape index (κ1) is 19.7. The van der Waals surface area contributed by atoms with Gasteiger partial charge >= 0.3 is 0 Å². The van der Waals surface area contributed by atoms with Crippen molar-refractivity contribution in [1.29, 1.82) is 0 Å². The summed E-state index contributed by atoms with van der Waals surface area (Å²) in [7, 11) is 0. The summed E-state index contributed by atoms with van der Waals surface area (Å²) in [6, 6.07) is 22.1. The van der Waals surface area contributed by atoms with Crippen LogP contribution in [0, 0.1) is 13.8 Å². The second-order valence-corrected chi connectivity index (χ2v) is 8.78. The molecular weight excluding hydrogens is 396 g/mol. The molecule has 0 atom stereocenters. The number of thiazole rings is 1. The van der Waals surface area contributed by atoms with E-state index >= 15 is 0 Å². The van der Waals surface area contributed by atoms with Gasteiger partial charge in [0, 0.05) is 4.90 Å². The Morgan fingerprint density at radius 1 is 0.966 bits per heavy atom. The molecule has 4 rings (SSSR count). The number of hydrogen-bond donors (Lipinski definition) is 0. The Bertz CT molecular complexity index is 1130. The van der Waals surface area contributed by atoms with Crippen LogP contribution in [0.5, 0.6) is 0 Å². The van der Waals surface area contributed by atoms with Gasteiger partial charge < -0.3 is 0 Å². The van der Waals surface area contributed by atoms with Crippen molar-refractivity contribution in [2.24, 2.45) is 0 Å². The van der Waals surface area contributed by atoms with Gasteiger partial charge in [0.25, 0.3) is 5.91 Å². The molecule has 0 aliphatic heterocycles. The molecule has 1 heterocycles. The van der Waals surface area contributed by atoms with Gasteiger partial charge in [0.2, 0.25) is 0 Å². The van der Waals surface area contributed by atoms with Crippen LogP contribution in [0.3, 0.4) is 0 Å². The van der Waals surface area contributed by atoms with Crippen molar-refractivity contribution in [3.63, 3.8) is 0 Å². The predicted molar refractivity (Wildman–Crippen MR) is 124 cm³/mol. The molecule has 0 unspecified atom stereocenters. The first-order valence-corrected chi connectivity index (χ1v) is 11.5. The fourth-order valence-electron chi connectivity index (χ4n) is 3.32.